The first-order chi connectivity index (χ1) is 13.3. The van der Waals surface area contributed by atoms with Crippen LogP contribution in [0.2, 0.25) is 0 Å². The highest BCUT2D eigenvalue weighted by Crippen LogP contribution is 2.22. The Morgan fingerprint density at radius 3 is 2.39 bits per heavy atom. The van der Waals surface area contributed by atoms with Crippen LogP contribution in [0.25, 0.3) is 11.4 Å². The largest absolute Gasteiger partial charge is 0.484 e. The minimum Gasteiger partial charge on any atom is -0.484 e. The molecule has 3 aromatic rings. The normalized spacial score (nSPS) is 11.2. The molecule has 0 aliphatic rings. The molecule has 3 rings (SSSR count). The number of hydrogen-bond donors (Lipinski definition) is 1. The Morgan fingerprint density at radius 2 is 1.79 bits per heavy atom. The number of ether oxygens (including phenoxy) is 1. The number of carbonyl (C=O) groups is 1. The number of aryl methyl sites for hydroxylation is 1. The van der Waals surface area contributed by atoms with Crippen molar-refractivity contribution in [1.82, 2.24) is 9.36 Å². The minimum atomic E-state index is -3.25. The second-order valence-electron chi connectivity index (χ2n) is 6.05. The Balaban J connectivity index is 1.58. The number of hydrogen-bond acceptors (Lipinski definition) is 7. The van der Waals surface area contributed by atoms with Crippen molar-refractivity contribution in [3.63, 3.8) is 0 Å². The van der Waals surface area contributed by atoms with Crippen LogP contribution in [0.3, 0.4) is 0 Å². The van der Waals surface area contributed by atoms with Crippen molar-refractivity contribution in [3.05, 3.63) is 54.1 Å². The third-order valence-electron chi connectivity index (χ3n) is 3.91. The Hall–Kier alpha value is -2.78. The highest BCUT2D eigenvalue weighted by molar-refractivity contribution is 7.90. The number of anilines is 1. The zero-order valence-corrected chi connectivity index (χ0v) is 17.0. The van der Waals surface area contributed by atoms with Gasteiger partial charge in [-0.25, -0.2) is 8.42 Å². The lowest BCUT2D eigenvalue weighted by Gasteiger charge is -2.06. The van der Waals surface area contributed by atoms with Gasteiger partial charge in [0.15, 0.2) is 22.3 Å². The van der Waals surface area contributed by atoms with Gasteiger partial charge in [-0.15, -0.1) is 0 Å². The fourth-order valence-electron chi connectivity index (χ4n) is 2.37. The quantitative estimate of drug-likeness (QED) is 0.634. The summed E-state index contributed by atoms with van der Waals surface area (Å²) in [5.41, 5.74) is 1.86. The standard InChI is InChI=1S/C19H19N3O4S2/c1-3-13-4-8-15(9-5-13)26-12-17(23)20-19-21-18(22-27-19)14-6-10-16(11-7-14)28(2,24)25/h4-11H,3,12H2,1-2H3,(H,20,21,22,23). The van der Waals surface area contributed by atoms with Crippen LogP contribution in [0.15, 0.2) is 53.4 Å². The Labute approximate surface area is 167 Å². The van der Waals surface area contributed by atoms with E-state index < -0.39 is 9.84 Å². The average molecular weight is 418 g/mol. The Kier molecular flexibility index (Phi) is 6.05. The summed E-state index contributed by atoms with van der Waals surface area (Å²) in [6.07, 6.45) is 2.09. The number of rotatable bonds is 7. The molecule has 0 aliphatic heterocycles. The van der Waals surface area contributed by atoms with Gasteiger partial charge in [-0.1, -0.05) is 19.1 Å². The summed E-state index contributed by atoms with van der Waals surface area (Å²) in [4.78, 5) is 16.5. The number of nitrogens with zero attached hydrogens (tertiary/aromatic N) is 2. The molecule has 1 aromatic heterocycles. The molecule has 1 heterocycles. The summed E-state index contributed by atoms with van der Waals surface area (Å²) < 4.78 is 32.7. The lowest BCUT2D eigenvalue weighted by Crippen LogP contribution is -2.20. The van der Waals surface area contributed by atoms with Gasteiger partial charge in [-0.05, 0) is 48.4 Å². The highest BCUT2D eigenvalue weighted by Gasteiger charge is 2.12. The maximum atomic E-state index is 12.0. The monoisotopic (exact) mass is 417 g/mol. The van der Waals surface area contributed by atoms with E-state index in [-0.39, 0.29) is 17.4 Å². The third-order valence-corrected chi connectivity index (χ3v) is 5.67. The van der Waals surface area contributed by atoms with Crippen LogP contribution in [0.1, 0.15) is 12.5 Å². The summed E-state index contributed by atoms with van der Waals surface area (Å²) >= 11 is 1.04. The van der Waals surface area contributed by atoms with E-state index in [0.717, 1.165) is 24.2 Å². The smallest absolute Gasteiger partial charge is 0.264 e. The molecular formula is C19H19N3O4S2. The summed E-state index contributed by atoms with van der Waals surface area (Å²) in [6, 6.07) is 13.8. The van der Waals surface area contributed by atoms with Gasteiger partial charge < -0.3 is 4.74 Å². The van der Waals surface area contributed by atoms with Crippen LogP contribution < -0.4 is 10.1 Å². The van der Waals surface area contributed by atoms with Crippen LogP contribution in [-0.2, 0) is 21.1 Å². The number of sulfone groups is 1. The summed E-state index contributed by atoms with van der Waals surface area (Å²) in [7, 11) is -3.25. The van der Waals surface area contributed by atoms with Crippen LogP contribution in [0, 0.1) is 0 Å². The second-order valence-corrected chi connectivity index (χ2v) is 8.82. The fourth-order valence-corrected chi connectivity index (χ4v) is 3.60. The lowest BCUT2D eigenvalue weighted by molar-refractivity contribution is -0.118. The molecule has 0 radical (unpaired) electrons. The van der Waals surface area contributed by atoms with Gasteiger partial charge in [-0.3, -0.25) is 10.1 Å². The first kappa shape index (κ1) is 20.0. The van der Waals surface area contributed by atoms with E-state index in [1.807, 2.05) is 24.3 Å². The molecule has 0 fully saturated rings. The van der Waals surface area contributed by atoms with Crippen molar-refractivity contribution in [2.75, 3.05) is 18.2 Å². The molecule has 7 nitrogen and oxygen atoms in total. The van der Waals surface area contributed by atoms with Crippen molar-refractivity contribution in [2.24, 2.45) is 0 Å². The average Bonchev–Trinajstić information content (AvgIpc) is 3.14. The molecule has 9 heteroatoms. The topological polar surface area (TPSA) is 98.2 Å². The molecule has 1 amide bonds. The zero-order chi connectivity index (χ0) is 20.1. The van der Waals surface area contributed by atoms with Gasteiger partial charge in [0.2, 0.25) is 5.13 Å². The number of amides is 1. The van der Waals surface area contributed by atoms with Crippen LogP contribution >= 0.6 is 11.5 Å². The highest BCUT2D eigenvalue weighted by atomic mass is 32.2. The third kappa shape index (κ3) is 5.14. The second kappa shape index (κ2) is 8.49. The molecule has 0 spiro atoms. The molecule has 28 heavy (non-hydrogen) atoms. The minimum absolute atomic E-state index is 0.135. The van der Waals surface area contributed by atoms with Gasteiger partial charge in [0, 0.05) is 23.4 Å². The van der Waals surface area contributed by atoms with Gasteiger partial charge >= 0.3 is 0 Å². The number of carbonyl (C=O) groups excluding carboxylic acids is 1. The first-order valence-electron chi connectivity index (χ1n) is 8.51. The molecule has 0 unspecified atom stereocenters. The predicted molar refractivity (Wildman–Crippen MR) is 108 cm³/mol. The van der Waals surface area contributed by atoms with Gasteiger partial charge in [0.1, 0.15) is 5.75 Å². The molecule has 1 N–H and O–H groups in total. The molecular weight excluding hydrogens is 398 g/mol. The lowest BCUT2D eigenvalue weighted by atomic mass is 10.2. The molecule has 0 saturated carbocycles. The molecule has 0 bridgehead atoms. The Bertz CT molecular complexity index is 1060. The zero-order valence-electron chi connectivity index (χ0n) is 15.4. The predicted octanol–water partition coefficient (Wildman–Crippen LogP) is 3.19. The van der Waals surface area contributed by atoms with E-state index in [9.17, 15) is 13.2 Å². The Morgan fingerprint density at radius 1 is 1.11 bits per heavy atom. The summed E-state index contributed by atoms with van der Waals surface area (Å²) in [5.74, 6) is 0.697. The van der Waals surface area contributed by atoms with E-state index in [1.54, 1.807) is 12.1 Å². The van der Waals surface area contributed by atoms with Crippen molar-refractivity contribution < 1.29 is 17.9 Å². The fraction of sp³-hybridized carbons (Fsp3) is 0.211. The van der Waals surface area contributed by atoms with Crippen molar-refractivity contribution in [1.29, 1.82) is 0 Å². The molecule has 2 aromatic carbocycles. The molecule has 0 saturated heterocycles. The van der Waals surface area contributed by atoms with Crippen LogP contribution in [0.5, 0.6) is 5.75 Å². The first-order valence-corrected chi connectivity index (χ1v) is 11.2. The van der Waals surface area contributed by atoms with E-state index in [1.165, 1.54) is 17.7 Å². The van der Waals surface area contributed by atoms with E-state index in [4.69, 9.17) is 4.74 Å². The van der Waals surface area contributed by atoms with Crippen molar-refractivity contribution in [2.45, 2.75) is 18.2 Å². The summed E-state index contributed by atoms with van der Waals surface area (Å²) in [5, 5.41) is 2.99. The number of aromatic nitrogens is 2. The van der Waals surface area contributed by atoms with Crippen molar-refractivity contribution >= 4 is 32.4 Å². The van der Waals surface area contributed by atoms with Gasteiger partial charge in [0.25, 0.3) is 5.91 Å². The van der Waals surface area contributed by atoms with Gasteiger partial charge in [0.05, 0.1) is 4.90 Å². The maximum absolute atomic E-state index is 12.0. The maximum Gasteiger partial charge on any atom is 0.264 e. The van der Waals surface area contributed by atoms with Crippen molar-refractivity contribution in [3.8, 4) is 17.1 Å². The van der Waals surface area contributed by atoms with E-state index in [2.05, 4.69) is 21.6 Å². The molecule has 0 atom stereocenters. The summed E-state index contributed by atoms with van der Waals surface area (Å²) in [6.45, 7) is 1.93. The SMILES string of the molecule is CCc1ccc(OCC(=O)Nc2nc(-c3ccc(S(C)(=O)=O)cc3)ns2)cc1. The van der Waals surface area contributed by atoms with E-state index in [0.29, 0.717) is 22.3 Å². The van der Waals surface area contributed by atoms with Crippen LogP contribution in [-0.4, -0.2) is 36.5 Å². The van der Waals surface area contributed by atoms with E-state index >= 15 is 0 Å². The van der Waals surface area contributed by atoms with Crippen LogP contribution in [0.4, 0.5) is 5.13 Å². The number of benzene rings is 2. The molecule has 146 valence electrons. The van der Waals surface area contributed by atoms with Gasteiger partial charge in [-0.2, -0.15) is 9.36 Å². The number of nitrogens with one attached hydrogen (secondary N) is 1. The molecule has 0 aliphatic carbocycles.